The van der Waals surface area contributed by atoms with Gasteiger partial charge in [0, 0.05) is 23.3 Å². The molecule has 1 aliphatic rings. The van der Waals surface area contributed by atoms with Crippen LogP contribution in [0.5, 0.6) is 5.75 Å². The Balaban J connectivity index is 2.63. The maximum atomic E-state index is 10.8. The first kappa shape index (κ1) is 12.5. The highest BCUT2D eigenvalue weighted by Crippen LogP contribution is 2.38. The van der Waals surface area contributed by atoms with Crippen molar-refractivity contribution in [1.29, 1.82) is 0 Å². The summed E-state index contributed by atoms with van der Waals surface area (Å²) in [6, 6.07) is 4.40. The van der Waals surface area contributed by atoms with Crippen molar-refractivity contribution >= 4 is 28.5 Å². The van der Waals surface area contributed by atoms with Crippen molar-refractivity contribution in [1.82, 2.24) is 0 Å². The molecule has 94 valence electrons. The number of nitro benzene ring substituents is 1. The first-order valence-corrected chi connectivity index (χ1v) is 5.71. The van der Waals surface area contributed by atoms with Crippen LogP contribution in [0.15, 0.2) is 24.3 Å². The lowest BCUT2D eigenvalue weighted by Gasteiger charge is -2.30. The highest BCUT2D eigenvalue weighted by atomic mass is 32.1. The summed E-state index contributed by atoms with van der Waals surface area (Å²) in [7, 11) is 0. The zero-order chi connectivity index (χ0) is 13.5. The molecule has 2 rings (SSSR count). The molecule has 0 saturated carbocycles. The van der Waals surface area contributed by atoms with Crippen LogP contribution >= 0.6 is 12.2 Å². The second-order valence-corrected chi connectivity index (χ2v) is 5.01. The van der Waals surface area contributed by atoms with Crippen LogP contribution in [0.1, 0.15) is 19.4 Å². The van der Waals surface area contributed by atoms with Gasteiger partial charge in [0.25, 0.3) is 5.69 Å². The van der Waals surface area contributed by atoms with E-state index in [4.69, 9.17) is 22.7 Å². The monoisotopic (exact) mass is 264 g/mol. The molecule has 0 aliphatic carbocycles. The number of fused-ring (bicyclic) bond motifs is 1. The van der Waals surface area contributed by atoms with E-state index in [0.717, 1.165) is 0 Å². The molecule has 2 N–H and O–H groups in total. The Morgan fingerprint density at radius 1 is 1.50 bits per heavy atom. The number of nitrogens with zero attached hydrogens (tertiary/aromatic N) is 1. The second kappa shape index (κ2) is 4.06. The van der Waals surface area contributed by atoms with Crippen molar-refractivity contribution in [2.45, 2.75) is 19.4 Å². The first-order chi connectivity index (χ1) is 8.30. The van der Waals surface area contributed by atoms with Gasteiger partial charge >= 0.3 is 0 Å². The predicted octanol–water partition coefficient (Wildman–Crippen LogP) is 2.44. The van der Waals surface area contributed by atoms with Crippen molar-refractivity contribution in [3.63, 3.8) is 0 Å². The lowest BCUT2D eigenvalue weighted by Crippen LogP contribution is -2.31. The largest absolute Gasteiger partial charge is 0.483 e. The summed E-state index contributed by atoms with van der Waals surface area (Å²) in [6.45, 7) is 3.74. The fourth-order valence-corrected chi connectivity index (χ4v) is 2.04. The molecule has 1 aromatic carbocycles. The maximum Gasteiger partial charge on any atom is 0.270 e. The fraction of sp³-hybridized carbons (Fsp3) is 0.250. The van der Waals surface area contributed by atoms with Gasteiger partial charge < -0.3 is 10.5 Å². The van der Waals surface area contributed by atoms with Crippen molar-refractivity contribution in [2.24, 2.45) is 5.73 Å². The van der Waals surface area contributed by atoms with Gasteiger partial charge in [-0.15, -0.1) is 0 Å². The van der Waals surface area contributed by atoms with Gasteiger partial charge in [0.05, 0.1) is 4.92 Å². The van der Waals surface area contributed by atoms with Crippen LogP contribution in [0.4, 0.5) is 5.69 Å². The minimum atomic E-state index is -0.540. The summed E-state index contributed by atoms with van der Waals surface area (Å²) in [5, 5.41) is 10.8. The van der Waals surface area contributed by atoms with E-state index in [0.29, 0.717) is 16.9 Å². The Morgan fingerprint density at radius 3 is 2.72 bits per heavy atom. The summed E-state index contributed by atoms with van der Waals surface area (Å²) < 4.78 is 5.72. The molecular weight excluding hydrogens is 252 g/mol. The van der Waals surface area contributed by atoms with Crippen LogP contribution < -0.4 is 10.5 Å². The molecule has 0 unspecified atom stereocenters. The molecule has 1 aromatic rings. The minimum absolute atomic E-state index is 0.0146. The van der Waals surface area contributed by atoms with Crippen LogP contribution in [-0.2, 0) is 0 Å². The van der Waals surface area contributed by atoms with E-state index in [-0.39, 0.29) is 10.7 Å². The van der Waals surface area contributed by atoms with E-state index in [9.17, 15) is 10.1 Å². The van der Waals surface area contributed by atoms with Crippen molar-refractivity contribution < 1.29 is 9.66 Å². The van der Waals surface area contributed by atoms with Crippen molar-refractivity contribution in [2.75, 3.05) is 0 Å². The third kappa shape index (κ3) is 2.19. The SMILES string of the molecule is CC1(C)C=C(C(N)=S)c2cc([N+](=O)[O-])ccc2O1. The van der Waals surface area contributed by atoms with Crippen molar-refractivity contribution in [3.05, 3.63) is 40.0 Å². The molecular formula is C12H12N2O3S. The Labute approximate surface area is 109 Å². The molecule has 0 spiro atoms. The molecule has 1 aliphatic heterocycles. The number of hydrogen-bond acceptors (Lipinski definition) is 4. The third-order valence-corrected chi connectivity index (χ3v) is 2.81. The summed E-state index contributed by atoms with van der Waals surface area (Å²) in [5.41, 5.74) is 6.29. The topological polar surface area (TPSA) is 78.4 Å². The quantitative estimate of drug-likeness (QED) is 0.504. The van der Waals surface area contributed by atoms with Crippen LogP contribution in [0.2, 0.25) is 0 Å². The van der Waals surface area contributed by atoms with Gasteiger partial charge in [0.1, 0.15) is 16.3 Å². The van der Waals surface area contributed by atoms with Gasteiger partial charge in [-0.3, -0.25) is 10.1 Å². The van der Waals surface area contributed by atoms with Crippen LogP contribution in [0, 0.1) is 10.1 Å². The molecule has 0 amide bonds. The molecule has 0 radical (unpaired) electrons. The van der Waals surface area contributed by atoms with Gasteiger partial charge in [0.15, 0.2) is 0 Å². The van der Waals surface area contributed by atoms with Gasteiger partial charge in [0.2, 0.25) is 0 Å². The molecule has 18 heavy (non-hydrogen) atoms. The Morgan fingerprint density at radius 2 is 2.17 bits per heavy atom. The number of rotatable bonds is 2. The van der Waals surface area contributed by atoms with Gasteiger partial charge in [-0.2, -0.15) is 0 Å². The summed E-state index contributed by atoms with van der Waals surface area (Å²) in [6.07, 6.45) is 1.78. The third-order valence-electron chi connectivity index (χ3n) is 2.59. The van der Waals surface area contributed by atoms with Crippen molar-refractivity contribution in [3.8, 4) is 5.75 Å². The van der Waals surface area contributed by atoms with E-state index in [2.05, 4.69) is 0 Å². The van der Waals surface area contributed by atoms with Gasteiger partial charge in [-0.1, -0.05) is 12.2 Å². The Hall–Kier alpha value is -1.95. The average molecular weight is 264 g/mol. The number of thiocarbonyl (C=S) groups is 1. The van der Waals surface area contributed by atoms with E-state index in [1.54, 1.807) is 12.1 Å². The maximum absolute atomic E-state index is 10.8. The average Bonchev–Trinajstić information content (AvgIpc) is 2.25. The summed E-state index contributed by atoms with van der Waals surface area (Å²) >= 11 is 4.99. The second-order valence-electron chi connectivity index (χ2n) is 4.57. The molecule has 0 bridgehead atoms. The number of benzene rings is 1. The van der Waals surface area contributed by atoms with E-state index < -0.39 is 10.5 Å². The smallest absolute Gasteiger partial charge is 0.270 e. The number of hydrogen-bond donors (Lipinski definition) is 1. The normalized spacial score (nSPS) is 16.2. The highest BCUT2D eigenvalue weighted by Gasteiger charge is 2.28. The Kier molecular flexibility index (Phi) is 2.82. The number of ether oxygens (including phenoxy) is 1. The van der Waals surface area contributed by atoms with Gasteiger partial charge in [-0.05, 0) is 26.0 Å². The Bertz CT molecular complexity index is 579. The highest BCUT2D eigenvalue weighted by molar-refractivity contribution is 7.81. The lowest BCUT2D eigenvalue weighted by atomic mass is 9.94. The zero-order valence-electron chi connectivity index (χ0n) is 9.97. The van der Waals surface area contributed by atoms with E-state index in [1.807, 2.05) is 13.8 Å². The molecule has 5 nitrogen and oxygen atoms in total. The fourth-order valence-electron chi connectivity index (χ4n) is 1.87. The molecule has 1 heterocycles. The summed E-state index contributed by atoms with van der Waals surface area (Å²) in [4.78, 5) is 10.5. The van der Waals surface area contributed by atoms with Crippen LogP contribution in [0.3, 0.4) is 0 Å². The molecule has 0 saturated heterocycles. The van der Waals surface area contributed by atoms with Gasteiger partial charge in [-0.25, -0.2) is 0 Å². The van der Waals surface area contributed by atoms with Crippen LogP contribution in [0.25, 0.3) is 5.57 Å². The van der Waals surface area contributed by atoms with E-state index in [1.165, 1.54) is 12.1 Å². The lowest BCUT2D eigenvalue weighted by molar-refractivity contribution is -0.384. The number of nitro groups is 1. The standard InChI is InChI=1S/C12H12N2O3S/c1-12(2)6-9(11(13)18)8-5-7(14(15)16)3-4-10(8)17-12/h3-6H,1-2H3,(H2,13,18). The minimum Gasteiger partial charge on any atom is -0.483 e. The summed E-state index contributed by atoms with van der Waals surface area (Å²) in [5.74, 6) is 0.552. The number of non-ortho nitro benzene ring substituents is 1. The number of nitrogens with two attached hydrogens (primary N) is 1. The van der Waals surface area contributed by atoms with Crippen LogP contribution in [-0.4, -0.2) is 15.5 Å². The molecule has 0 fully saturated rings. The molecule has 6 heteroatoms. The molecule has 0 aromatic heterocycles. The predicted molar refractivity (Wildman–Crippen MR) is 72.6 cm³/mol. The first-order valence-electron chi connectivity index (χ1n) is 5.31. The zero-order valence-corrected chi connectivity index (χ0v) is 10.8. The van der Waals surface area contributed by atoms with E-state index >= 15 is 0 Å². The molecule has 0 atom stereocenters.